The van der Waals surface area contributed by atoms with Crippen LogP contribution < -0.4 is 9.64 Å². The van der Waals surface area contributed by atoms with Crippen molar-refractivity contribution < 1.29 is 29.0 Å². The van der Waals surface area contributed by atoms with Gasteiger partial charge in [-0.1, -0.05) is 24.3 Å². The maximum Gasteiger partial charge on any atom is 0.296 e. The lowest BCUT2D eigenvalue weighted by atomic mass is 9.81. The third-order valence-corrected chi connectivity index (χ3v) is 7.02. The molecule has 8 heteroatoms. The van der Waals surface area contributed by atoms with Gasteiger partial charge in [0.2, 0.25) is 0 Å². The average Bonchev–Trinajstić information content (AvgIpc) is 3.44. The molecule has 3 heterocycles. The number of ether oxygens (including phenoxy) is 2. The summed E-state index contributed by atoms with van der Waals surface area (Å²) in [6, 6.07) is 12.2. The van der Waals surface area contributed by atoms with Crippen LogP contribution in [0.4, 0.5) is 5.69 Å². The Morgan fingerprint density at radius 3 is 2.78 bits per heavy atom. The zero-order valence-electron chi connectivity index (χ0n) is 20.3. The Morgan fingerprint density at radius 2 is 2.03 bits per heavy atom. The topological polar surface area (TPSA) is 96.4 Å². The molecule has 2 unspecified atom stereocenters. The van der Waals surface area contributed by atoms with E-state index in [0.717, 1.165) is 5.56 Å². The van der Waals surface area contributed by atoms with E-state index in [4.69, 9.17) is 9.47 Å². The molecule has 0 saturated carbocycles. The number of rotatable bonds is 7. The van der Waals surface area contributed by atoms with Crippen molar-refractivity contribution >= 4 is 29.0 Å². The van der Waals surface area contributed by atoms with Crippen molar-refractivity contribution in [3.8, 4) is 5.75 Å². The number of nitrogens with zero attached hydrogens (tertiary/aromatic N) is 2. The summed E-state index contributed by atoms with van der Waals surface area (Å²) < 4.78 is 10.9. The number of hydrogen-bond acceptors (Lipinski definition) is 6. The first kappa shape index (κ1) is 23.8. The number of carbonyl (C=O) groups is 3. The number of aliphatic hydroxyl groups excluding tert-OH is 1. The van der Waals surface area contributed by atoms with E-state index in [2.05, 4.69) is 6.58 Å². The van der Waals surface area contributed by atoms with E-state index in [9.17, 15) is 19.5 Å². The van der Waals surface area contributed by atoms with Crippen molar-refractivity contribution in [1.82, 2.24) is 4.90 Å². The Kier molecular flexibility index (Phi) is 5.92. The Balaban J connectivity index is 1.76. The number of hydrogen-bond donors (Lipinski definition) is 1. The highest BCUT2D eigenvalue weighted by atomic mass is 16.5. The Bertz CT molecular complexity index is 1310. The molecule has 5 rings (SSSR count). The molecule has 2 amide bonds. The highest BCUT2D eigenvalue weighted by molar-refractivity contribution is 6.50. The van der Waals surface area contributed by atoms with Crippen LogP contribution in [0, 0.1) is 0 Å². The lowest BCUT2D eigenvalue weighted by Crippen LogP contribution is -2.52. The molecular formula is C28H28N2O6. The summed E-state index contributed by atoms with van der Waals surface area (Å²) in [5.74, 6) is -1.85. The molecule has 186 valence electrons. The van der Waals surface area contributed by atoms with E-state index in [1.165, 1.54) is 9.80 Å². The molecule has 36 heavy (non-hydrogen) atoms. The lowest BCUT2D eigenvalue weighted by molar-refractivity contribution is -0.143. The number of benzene rings is 2. The van der Waals surface area contributed by atoms with Crippen LogP contribution in [-0.4, -0.2) is 60.5 Å². The van der Waals surface area contributed by atoms with Gasteiger partial charge in [-0.25, -0.2) is 0 Å². The molecule has 3 aliphatic rings. The second kappa shape index (κ2) is 8.95. The van der Waals surface area contributed by atoms with Gasteiger partial charge in [-0.2, -0.15) is 0 Å². The molecule has 2 atom stereocenters. The Labute approximate surface area is 209 Å². The van der Waals surface area contributed by atoms with Crippen LogP contribution in [0.1, 0.15) is 30.0 Å². The minimum Gasteiger partial charge on any atom is -0.507 e. The predicted molar refractivity (Wildman–Crippen MR) is 134 cm³/mol. The molecule has 2 aromatic carbocycles. The van der Waals surface area contributed by atoms with Gasteiger partial charge in [-0.3, -0.25) is 14.4 Å². The van der Waals surface area contributed by atoms with Crippen molar-refractivity contribution in [2.24, 2.45) is 0 Å². The standard InChI is InChI=1S/C28H28N2O6/c1-4-12-29-21-9-6-5-8-20(21)28(27(29)34)23(25(32)26(33)30(28)13-7-14-35-3)24(31)18-10-11-22-19(16-18)15-17(2)36-22/h4-6,8-11,16-17,31H,1,7,12-15H2,2-3H3/b24-23-. The highest BCUT2D eigenvalue weighted by Gasteiger charge is 2.66. The molecule has 1 saturated heterocycles. The lowest BCUT2D eigenvalue weighted by Gasteiger charge is -2.34. The van der Waals surface area contributed by atoms with Crippen LogP contribution in [-0.2, 0) is 31.1 Å². The number of likely N-dealkylation sites (tertiary alicyclic amines) is 1. The summed E-state index contributed by atoms with van der Waals surface area (Å²) in [5, 5.41) is 11.6. The van der Waals surface area contributed by atoms with E-state index < -0.39 is 23.1 Å². The molecule has 1 N–H and O–H groups in total. The second-order valence-electron chi connectivity index (χ2n) is 9.24. The number of methoxy groups -OCH3 is 1. The summed E-state index contributed by atoms with van der Waals surface area (Å²) in [7, 11) is 1.55. The van der Waals surface area contributed by atoms with Crippen LogP contribution in [0.25, 0.3) is 5.76 Å². The number of para-hydroxylation sites is 1. The van der Waals surface area contributed by atoms with Gasteiger partial charge < -0.3 is 24.4 Å². The van der Waals surface area contributed by atoms with Gasteiger partial charge in [0.15, 0.2) is 5.54 Å². The summed E-state index contributed by atoms with van der Waals surface area (Å²) >= 11 is 0. The van der Waals surface area contributed by atoms with Gasteiger partial charge in [0, 0.05) is 44.4 Å². The molecule has 0 aliphatic carbocycles. The normalized spacial score (nSPS) is 23.8. The Hall–Kier alpha value is -3.91. The molecule has 2 aromatic rings. The van der Waals surface area contributed by atoms with Gasteiger partial charge in [0.05, 0.1) is 11.3 Å². The molecule has 0 aromatic heterocycles. The quantitative estimate of drug-likeness (QED) is 0.212. The van der Waals surface area contributed by atoms with E-state index in [-0.39, 0.29) is 30.5 Å². The van der Waals surface area contributed by atoms with E-state index in [1.807, 2.05) is 6.92 Å². The number of ketones is 1. The van der Waals surface area contributed by atoms with Gasteiger partial charge >= 0.3 is 0 Å². The van der Waals surface area contributed by atoms with E-state index >= 15 is 0 Å². The number of Topliss-reactive ketones (excluding diaryl/α,β-unsaturated/α-hetero) is 1. The van der Waals surface area contributed by atoms with Gasteiger partial charge in [0.1, 0.15) is 17.6 Å². The molecule has 8 nitrogen and oxygen atoms in total. The number of aliphatic hydroxyl groups is 1. The smallest absolute Gasteiger partial charge is 0.296 e. The van der Waals surface area contributed by atoms with Gasteiger partial charge in [0.25, 0.3) is 17.6 Å². The number of carbonyl (C=O) groups excluding carboxylic acids is 3. The maximum absolute atomic E-state index is 14.2. The fourth-order valence-electron chi connectivity index (χ4n) is 5.56. The number of anilines is 1. The van der Waals surface area contributed by atoms with Crippen LogP contribution in [0.3, 0.4) is 0 Å². The van der Waals surface area contributed by atoms with Crippen LogP contribution in [0.15, 0.2) is 60.7 Å². The molecule has 1 spiro atoms. The molecular weight excluding hydrogens is 460 g/mol. The first-order chi connectivity index (χ1) is 17.4. The van der Waals surface area contributed by atoms with Crippen molar-refractivity contribution in [3.63, 3.8) is 0 Å². The maximum atomic E-state index is 14.2. The van der Waals surface area contributed by atoms with Crippen molar-refractivity contribution in [3.05, 3.63) is 77.4 Å². The first-order valence-electron chi connectivity index (χ1n) is 12.0. The van der Waals surface area contributed by atoms with Gasteiger partial charge in [-0.05, 0) is 43.2 Å². The third-order valence-electron chi connectivity index (χ3n) is 7.02. The van der Waals surface area contributed by atoms with E-state index in [1.54, 1.807) is 55.7 Å². The van der Waals surface area contributed by atoms with Crippen LogP contribution in [0.2, 0.25) is 0 Å². The summed E-state index contributed by atoms with van der Waals surface area (Å²) in [4.78, 5) is 44.0. The Morgan fingerprint density at radius 1 is 1.25 bits per heavy atom. The van der Waals surface area contributed by atoms with E-state index in [0.29, 0.717) is 42.0 Å². The van der Waals surface area contributed by atoms with Crippen LogP contribution >= 0.6 is 0 Å². The summed E-state index contributed by atoms with van der Waals surface area (Å²) in [5.41, 5.74) is 0.292. The minimum atomic E-state index is -1.78. The van der Waals surface area contributed by atoms with Crippen molar-refractivity contribution in [2.45, 2.75) is 31.4 Å². The number of fused-ring (bicyclic) bond motifs is 3. The predicted octanol–water partition coefficient (Wildman–Crippen LogP) is 3.16. The minimum absolute atomic E-state index is 0.00176. The zero-order valence-corrected chi connectivity index (χ0v) is 20.3. The first-order valence-corrected chi connectivity index (χ1v) is 12.0. The second-order valence-corrected chi connectivity index (χ2v) is 9.24. The fraction of sp³-hybridized carbons (Fsp3) is 0.321. The van der Waals surface area contributed by atoms with Gasteiger partial charge in [-0.15, -0.1) is 6.58 Å². The average molecular weight is 489 g/mol. The fourth-order valence-corrected chi connectivity index (χ4v) is 5.56. The monoisotopic (exact) mass is 488 g/mol. The SMILES string of the molecule is C=CCN1C(=O)C2(/C(=C(\O)c3ccc4c(c3)CC(C)O4)C(=O)C(=O)N2CCCOC)c2ccccc21. The molecule has 0 radical (unpaired) electrons. The zero-order chi connectivity index (χ0) is 25.6. The van der Waals surface area contributed by atoms with Crippen molar-refractivity contribution in [2.75, 3.05) is 31.7 Å². The number of amides is 2. The summed E-state index contributed by atoms with van der Waals surface area (Å²) in [6.45, 7) is 6.35. The third kappa shape index (κ3) is 3.28. The van der Waals surface area contributed by atoms with Crippen molar-refractivity contribution in [1.29, 1.82) is 0 Å². The molecule has 3 aliphatic heterocycles. The largest absolute Gasteiger partial charge is 0.507 e. The van der Waals surface area contributed by atoms with Crippen LogP contribution in [0.5, 0.6) is 5.75 Å². The summed E-state index contributed by atoms with van der Waals surface area (Å²) in [6.07, 6.45) is 2.66. The molecule has 1 fully saturated rings. The molecule has 0 bridgehead atoms. The highest BCUT2D eigenvalue weighted by Crippen LogP contribution is 2.53.